The summed E-state index contributed by atoms with van der Waals surface area (Å²) in [7, 11) is 0. The van der Waals surface area contributed by atoms with E-state index in [4.69, 9.17) is 27.3 Å². The van der Waals surface area contributed by atoms with Gasteiger partial charge < -0.3 is 5.73 Å². The van der Waals surface area contributed by atoms with Crippen LogP contribution in [0.15, 0.2) is 88.8 Å². The molecule has 5 heteroatoms. The predicted octanol–water partition coefficient (Wildman–Crippen LogP) is 4.29. The third kappa shape index (κ3) is 2.53. The fraction of sp³-hybridized carbons (Fsp3) is 0.130. The SMILES string of the molecule is NC1=NC(c2ccccc2)(c2cccc(-c3cccc(Cl)c3)c2)C2=NCCN12. The van der Waals surface area contributed by atoms with E-state index in [-0.39, 0.29) is 0 Å². The molecule has 0 saturated heterocycles. The lowest BCUT2D eigenvalue weighted by Gasteiger charge is -2.28. The normalized spacial score (nSPS) is 20.7. The molecule has 2 heterocycles. The maximum atomic E-state index is 6.32. The van der Waals surface area contributed by atoms with Crippen molar-refractivity contribution < 1.29 is 0 Å². The molecule has 0 radical (unpaired) electrons. The molecule has 0 aliphatic carbocycles. The molecular formula is C23H19ClN4. The number of benzene rings is 3. The van der Waals surface area contributed by atoms with Crippen molar-refractivity contribution in [2.75, 3.05) is 13.1 Å². The smallest absolute Gasteiger partial charge is 0.198 e. The van der Waals surface area contributed by atoms with Gasteiger partial charge in [0.15, 0.2) is 11.5 Å². The number of guanidine groups is 1. The molecular weight excluding hydrogens is 368 g/mol. The predicted molar refractivity (Wildman–Crippen MR) is 115 cm³/mol. The first kappa shape index (κ1) is 17.0. The molecule has 0 spiro atoms. The Bertz CT molecular complexity index is 1110. The van der Waals surface area contributed by atoms with Crippen LogP contribution >= 0.6 is 11.6 Å². The molecule has 28 heavy (non-hydrogen) atoms. The van der Waals surface area contributed by atoms with Crippen LogP contribution in [-0.4, -0.2) is 29.8 Å². The second-order valence-electron chi connectivity index (χ2n) is 6.99. The average Bonchev–Trinajstić information content (AvgIpc) is 3.32. The summed E-state index contributed by atoms with van der Waals surface area (Å²) in [6.45, 7) is 1.50. The number of amidine groups is 1. The van der Waals surface area contributed by atoms with Gasteiger partial charge in [0.2, 0.25) is 0 Å². The number of nitrogens with zero attached hydrogens (tertiary/aromatic N) is 3. The minimum absolute atomic E-state index is 0.522. The average molecular weight is 387 g/mol. The Balaban J connectivity index is 1.73. The quantitative estimate of drug-likeness (QED) is 0.729. The summed E-state index contributed by atoms with van der Waals surface area (Å²) in [5, 5.41) is 0.718. The fourth-order valence-corrected chi connectivity index (χ4v) is 4.28. The van der Waals surface area contributed by atoms with Crippen LogP contribution in [0.3, 0.4) is 0 Å². The van der Waals surface area contributed by atoms with Crippen molar-refractivity contribution in [2.45, 2.75) is 5.54 Å². The molecule has 3 aromatic rings. The van der Waals surface area contributed by atoms with Gasteiger partial charge in [0.1, 0.15) is 5.84 Å². The third-order valence-corrected chi connectivity index (χ3v) is 5.59. The van der Waals surface area contributed by atoms with E-state index in [0.717, 1.165) is 46.2 Å². The minimum atomic E-state index is -0.726. The van der Waals surface area contributed by atoms with E-state index in [1.54, 1.807) is 0 Å². The lowest BCUT2D eigenvalue weighted by molar-refractivity contribution is 0.648. The first-order valence-electron chi connectivity index (χ1n) is 9.28. The van der Waals surface area contributed by atoms with Crippen LogP contribution in [0, 0.1) is 0 Å². The number of hydrogen-bond donors (Lipinski definition) is 1. The molecule has 2 N–H and O–H groups in total. The molecule has 2 aliphatic heterocycles. The van der Waals surface area contributed by atoms with Gasteiger partial charge in [0.25, 0.3) is 0 Å². The minimum Gasteiger partial charge on any atom is -0.369 e. The van der Waals surface area contributed by atoms with Gasteiger partial charge >= 0.3 is 0 Å². The van der Waals surface area contributed by atoms with Gasteiger partial charge in [-0.2, -0.15) is 0 Å². The number of halogens is 1. The number of nitrogens with two attached hydrogens (primary N) is 1. The van der Waals surface area contributed by atoms with Crippen LogP contribution in [0.1, 0.15) is 11.1 Å². The highest BCUT2D eigenvalue weighted by Gasteiger charge is 2.49. The molecule has 138 valence electrons. The van der Waals surface area contributed by atoms with Gasteiger partial charge in [0, 0.05) is 11.6 Å². The van der Waals surface area contributed by atoms with Gasteiger partial charge in [-0.15, -0.1) is 0 Å². The van der Waals surface area contributed by atoms with Crippen molar-refractivity contribution in [3.05, 3.63) is 95.0 Å². The monoisotopic (exact) mass is 386 g/mol. The molecule has 1 atom stereocenters. The highest BCUT2D eigenvalue weighted by molar-refractivity contribution is 6.30. The largest absolute Gasteiger partial charge is 0.369 e. The Morgan fingerprint density at radius 1 is 0.857 bits per heavy atom. The Hall–Kier alpha value is -3.11. The van der Waals surface area contributed by atoms with Crippen LogP contribution in [0.5, 0.6) is 0 Å². The first-order chi connectivity index (χ1) is 13.7. The maximum Gasteiger partial charge on any atom is 0.198 e. The summed E-state index contributed by atoms with van der Waals surface area (Å²) in [6.07, 6.45) is 0. The van der Waals surface area contributed by atoms with E-state index >= 15 is 0 Å². The fourth-order valence-electron chi connectivity index (χ4n) is 4.09. The van der Waals surface area contributed by atoms with Gasteiger partial charge in [-0.25, -0.2) is 4.99 Å². The summed E-state index contributed by atoms with van der Waals surface area (Å²) in [5.74, 6) is 1.42. The highest BCUT2D eigenvalue weighted by atomic mass is 35.5. The van der Waals surface area contributed by atoms with E-state index in [0.29, 0.717) is 5.96 Å². The van der Waals surface area contributed by atoms with Crippen molar-refractivity contribution >= 4 is 23.4 Å². The molecule has 5 rings (SSSR count). The zero-order valence-electron chi connectivity index (χ0n) is 15.2. The zero-order valence-corrected chi connectivity index (χ0v) is 16.0. The molecule has 0 fully saturated rings. The topological polar surface area (TPSA) is 54.0 Å². The van der Waals surface area contributed by atoms with Crippen molar-refractivity contribution in [1.29, 1.82) is 0 Å². The van der Waals surface area contributed by atoms with E-state index in [9.17, 15) is 0 Å². The standard InChI is InChI=1S/C23H19ClN4/c24-20-11-5-7-17(15-20)16-6-4-10-19(14-16)23(18-8-2-1-3-9-18)21-26-12-13-28(21)22(25)27-23/h1-11,14-15H,12-13H2,(H2,25,27). The van der Waals surface area contributed by atoms with Crippen LogP contribution in [0.25, 0.3) is 11.1 Å². The maximum absolute atomic E-state index is 6.32. The molecule has 2 aliphatic rings. The van der Waals surface area contributed by atoms with Gasteiger partial charge in [-0.1, -0.05) is 72.3 Å². The molecule has 0 amide bonds. The highest BCUT2D eigenvalue weighted by Crippen LogP contribution is 2.42. The molecule has 0 bridgehead atoms. The summed E-state index contributed by atoms with van der Waals surface area (Å²) in [4.78, 5) is 11.8. The van der Waals surface area contributed by atoms with E-state index in [1.807, 2.05) is 41.3 Å². The first-order valence-corrected chi connectivity index (χ1v) is 9.66. The second-order valence-corrected chi connectivity index (χ2v) is 7.43. The summed E-state index contributed by atoms with van der Waals surface area (Å²) in [5.41, 5.74) is 9.85. The van der Waals surface area contributed by atoms with Crippen molar-refractivity contribution in [3.8, 4) is 11.1 Å². The third-order valence-electron chi connectivity index (χ3n) is 5.35. The molecule has 0 aromatic heterocycles. The van der Waals surface area contributed by atoms with Crippen LogP contribution < -0.4 is 5.73 Å². The van der Waals surface area contributed by atoms with Crippen LogP contribution in [0.4, 0.5) is 0 Å². The van der Waals surface area contributed by atoms with E-state index in [2.05, 4.69) is 42.5 Å². The van der Waals surface area contributed by atoms with Crippen molar-refractivity contribution in [2.24, 2.45) is 15.7 Å². The van der Waals surface area contributed by atoms with Gasteiger partial charge in [0.05, 0.1) is 6.54 Å². The summed E-state index contributed by atoms with van der Waals surface area (Å²) in [6, 6.07) is 26.5. The Morgan fingerprint density at radius 3 is 2.36 bits per heavy atom. The molecule has 1 unspecified atom stereocenters. The van der Waals surface area contributed by atoms with Crippen molar-refractivity contribution in [1.82, 2.24) is 4.90 Å². The zero-order chi connectivity index (χ0) is 19.1. The lowest BCUT2D eigenvalue weighted by Crippen LogP contribution is -2.41. The number of rotatable bonds is 3. The van der Waals surface area contributed by atoms with E-state index in [1.165, 1.54) is 0 Å². The number of aliphatic imine (C=N–C) groups is 2. The van der Waals surface area contributed by atoms with E-state index < -0.39 is 5.54 Å². The van der Waals surface area contributed by atoms with Gasteiger partial charge in [-0.05, 0) is 40.5 Å². The molecule has 4 nitrogen and oxygen atoms in total. The van der Waals surface area contributed by atoms with Crippen molar-refractivity contribution in [3.63, 3.8) is 0 Å². The summed E-state index contributed by atoms with van der Waals surface area (Å²) >= 11 is 6.21. The molecule has 3 aromatic carbocycles. The Kier molecular flexibility index (Phi) is 3.95. The Morgan fingerprint density at radius 2 is 1.57 bits per heavy atom. The van der Waals surface area contributed by atoms with Crippen LogP contribution in [-0.2, 0) is 5.54 Å². The second kappa shape index (κ2) is 6.50. The number of fused-ring (bicyclic) bond motifs is 1. The van der Waals surface area contributed by atoms with Crippen LogP contribution in [0.2, 0.25) is 5.02 Å². The number of hydrogen-bond acceptors (Lipinski definition) is 4. The molecule has 0 saturated carbocycles. The summed E-state index contributed by atoms with van der Waals surface area (Å²) < 4.78 is 0. The van der Waals surface area contributed by atoms with Gasteiger partial charge in [-0.3, -0.25) is 9.89 Å². The Labute approximate surface area is 169 Å². The lowest BCUT2D eigenvalue weighted by atomic mass is 9.81.